The zero-order valence-electron chi connectivity index (χ0n) is 7.87. The van der Waals surface area contributed by atoms with E-state index < -0.39 is 11.7 Å². The van der Waals surface area contributed by atoms with Crippen molar-refractivity contribution in [3.8, 4) is 11.3 Å². The standard InChI is InChI=1S/C9H6BrFN4O/c10-4-2-1-3-5(11)6(4)7-8(9(12)16)14-15-13-7/h1-3H,(H2,12,16)(H,13,14,15). The average molecular weight is 285 g/mol. The van der Waals surface area contributed by atoms with Crippen LogP contribution in [0.5, 0.6) is 0 Å². The number of aromatic nitrogens is 3. The summed E-state index contributed by atoms with van der Waals surface area (Å²) in [7, 11) is 0. The molecule has 0 unspecified atom stereocenters. The van der Waals surface area contributed by atoms with E-state index >= 15 is 0 Å². The summed E-state index contributed by atoms with van der Waals surface area (Å²) in [6, 6.07) is 4.43. The summed E-state index contributed by atoms with van der Waals surface area (Å²) in [5.74, 6) is -1.27. The Morgan fingerprint density at radius 3 is 2.81 bits per heavy atom. The molecule has 1 aromatic carbocycles. The third-order valence-corrected chi connectivity index (χ3v) is 2.64. The molecule has 82 valence electrons. The lowest BCUT2D eigenvalue weighted by Gasteiger charge is -2.02. The Hall–Kier alpha value is -1.76. The Kier molecular flexibility index (Phi) is 2.69. The molecule has 0 atom stereocenters. The van der Waals surface area contributed by atoms with Gasteiger partial charge in [-0.25, -0.2) is 4.39 Å². The van der Waals surface area contributed by atoms with E-state index in [0.29, 0.717) is 4.47 Å². The smallest absolute Gasteiger partial charge is 0.271 e. The molecule has 0 radical (unpaired) electrons. The van der Waals surface area contributed by atoms with E-state index in [1.807, 2.05) is 0 Å². The molecule has 1 heterocycles. The van der Waals surface area contributed by atoms with Gasteiger partial charge in [0.1, 0.15) is 11.5 Å². The van der Waals surface area contributed by atoms with Crippen LogP contribution in [0.25, 0.3) is 11.3 Å². The van der Waals surface area contributed by atoms with E-state index in [1.54, 1.807) is 6.07 Å². The first-order chi connectivity index (χ1) is 7.61. The molecular formula is C9H6BrFN4O. The predicted octanol–water partition coefficient (Wildman–Crippen LogP) is 1.47. The van der Waals surface area contributed by atoms with Gasteiger partial charge in [-0.15, -0.1) is 0 Å². The summed E-state index contributed by atoms with van der Waals surface area (Å²) in [5.41, 5.74) is 5.26. The molecule has 2 aromatic rings. The van der Waals surface area contributed by atoms with Crippen LogP contribution in [-0.2, 0) is 0 Å². The molecular weight excluding hydrogens is 279 g/mol. The Balaban J connectivity index is 2.68. The van der Waals surface area contributed by atoms with Gasteiger partial charge in [0.15, 0.2) is 5.69 Å². The fourth-order valence-electron chi connectivity index (χ4n) is 1.30. The van der Waals surface area contributed by atoms with Crippen LogP contribution in [0.15, 0.2) is 22.7 Å². The fourth-order valence-corrected chi connectivity index (χ4v) is 1.83. The molecule has 3 N–H and O–H groups in total. The summed E-state index contributed by atoms with van der Waals surface area (Å²) in [6.45, 7) is 0. The number of hydrogen-bond acceptors (Lipinski definition) is 3. The first kappa shape index (κ1) is 10.7. The van der Waals surface area contributed by atoms with Crippen LogP contribution < -0.4 is 5.73 Å². The lowest BCUT2D eigenvalue weighted by Crippen LogP contribution is -2.13. The molecule has 7 heteroatoms. The Morgan fingerprint density at radius 2 is 2.19 bits per heavy atom. The highest BCUT2D eigenvalue weighted by Gasteiger charge is 2.20. The molecule has 0 aliphatic rings. The maximum atomic E-state index is 13.6. The number of hydrogen-bond donors (Lipinski definition) is 2. The number of benzene rings is 1. The predicted molar refractivity (Wildman–Crippen MR) is 58.0 cm³/mol. The minimum atomic E-state index is -0.765. The van der Waals surface area contributed by atoms with Crippen LogP contribution in [0.3, 0.4) is 0 Å². The van der Waals surface area contributed by atoms with Crippen LogP contribution in [0.4, 0.5) is 4.39 Å². The molecule has 16 heavy (non-hydrogen) atoms. The topological polar surface area (TPSA) is 84.7 Å². The van der Waals surface area contributed by atoms with Crippen LogP contribution >= 0.6 is 15.9 Å². The molecule has 0 spiro atoms. The van der Waals surface area contributed by atoms with Crippen molar-refractivity contribution in [3.05, 3.63) is 34.2 Å². The van der Waals surface area contributed by atoms with E-state index in [4.69, 9.17) is 5.73 Å². The Labute approximate surface area is 98.0 Å². The van der Waals surface area contributed by atoms with Crippen LogP contribution in [-0.4, -0.2) is 21.3 Å². The van der Waals surface area contributed by atoms with E-state index in [1.165, 1.54) is 12.1 Å². The van der Waals surface area contributed by atoms with Gasteiger partial charge in [0.25, 0.3) is 5.91 Å². The maximum absolute atomic E-state index is 13.6. The molecule has 0 aliphatic heterocycles. The van der Waals surface area contributed by atoms with Crippen molar-refractivity contribution in [1.29, 1.82) is 0 Å². The molecule has 0 saturated carbocycles. The molecule has 0 bridgehead atoms. The Morgan fingerprint density at radius 1 is 1.44 bits per heavy atom. The van der Waals surface area contributed by atoms with Crippen molar-refractivity contribution in [2.75, 3.05) is 0 Å². The number of aromatic amines is 1. The second-order valence-electron chi connectivity index (χ2n) is 2.98. The summed E-state index contributed by atoms with van der Waals surface area (Å²) >= 11 is 3.18. The van der Waals surface area contributed by atoms with Gasteiger partial charge in [0.2, 0.25) is 0 Å². The number of H-pyrrole nitrogens is 1. The van der Waals surface area contributed by atoms with Crippen molar-refractivity contribution in [1.82, 2.24) is 15.4 Å². The minimum Gasteiger partial charge on any atom is -0.364 e. The molecule has 2 rings (SSSR count). The second kappa shape index (κ2) is 4.01. The highest BCUT2D eigenvalue weighted by molar-refractivity contribution is 9.10. The normalized spacial score (nSPS) is 10.4. The molecule has 5 nitrogen and oxygen atoms in total. The van der Waals surface area contributed by atoms with Gasteiger partial charge in [-0.05, 0) is 28.1 Å². The number of carbonyl (C=O) groups excluding carboxylic acids is 1. The van der Waals surface area contributed by atoms with Gasteiger partial charge in [0.05, 0.1) is 5.56 Å². The number of nitrogens with zero attached hydrogens (tertiary/aromatic N) is 2. The van der Waals surface area contributed by atoms with Crippen LogP contribution in [0, 0.1) is 5.82 Å². The number of nitrogens with one attached hydrogen (secondary N) is 1. The summed E-state index contributed by atoms with van der Waals surface area (Å²) in [6.07, 6.45) is 0. The lowest BCUT2D eigenvalue weighted by atomic mass is 10.1. The monoisotopic (exact) mass is 284 g/mol. The Bertz CT molecular complexity index is 534. The summed E-state index contributed by atoms with van der Waals surface area (Å²) < 4.78 is 14.1. The number of halogens is 2. The van der Waals surface area contributed by atoms with E-state index in [-0.39, 0.29) is 17.0 Å². The first-order valence-electron chi connectivity index (χ1n) is 4.26. The lowest BCUT2D eigenvalue weighted by molar-refractivity contribution is 0.0996. The van der Waals surface area contributed by atoms with Crippen LogP contribution in [0.2, 0.25) is 0 Å². The third-order valence-electron chi connectivity index (χ3n) is 1.98. The van der Waals surface area contributed by atoms with E-state index in [0.717, 1.165) is 0 Å². The number of nitrogens with two attached hydrogens (primary N) is 1. The number of carbonyl (C=O) groups is 1. The zero-order valence-corrected chi connectivity index (χ0v) is 9.45. The van der Waals surface area contributed by atoms with Gasteiger partial charge in [-0.2, -0.15) is 15.4 Å². The zero-order chi connectivity index (χ0) is 11.7. The summed E-state index contributed by atoms with van der Waals surface area (Å²) in [5, 5.41) is 9.54. The highest BCUT2D eigenvalue weighted by Crippen LogP contribution is 2.30. The van der Waals surface area contributed by atoms with Crippen molar-refractivity contribution >= 4 is 21.8 Å². The molecule has 1 amide bonds. The van der Waals surface area contributed by atoms with Gasteiger partial charge in [-0.3, -0.25) is 4.79 Å². The van der Waals surface area contributed by atoms with Gasteiger partial charge < -0.3 is 5.73 Å². The van der Waals surface area contributed by atoms with Gasteiger partial charge >= 0.3 is 0 Å². The van der Waals surface area contributed by atoms with Crippen molar-refractivity contribution in [2.45, 2.75) is 0 Å². The fraction of sp³-hybridized carbons (Fsp3) is 0. The quantitative estimate of drug-likeness (QED) is 0.876. The van der Waals surface area contributed by atoms with E-state index in [9.17, 15) is 9.18 Å². The van der Waals surface area contributed by atoms with Crippen molar-refractivity contribution in [2.24, 2.45) is 5.73 Å². The first-order valence-corrected chi connectivity index (χ1v) is 5.05. The average Bonchev–Trinajstić information content (AvgIpc) is 2.66. The number of rotatable bonds is 2. The van der Waals surface area contributed by atoms with Gasteiger partial charge in [-0.1, -0.05) is 6.07 Å². The SMILES string of the molecule is NC(=O)c1n[nH]nc1-c1c(F)cccc1Br. The number of primary amides is 1. The van der Waals surface area contributed by atoms with Crippen molar-refractivity contribution in [3.63, 3.8) is 0 Å². The van der Waals surface area contributed by atoms with E-state index in [2.05, 4.69) is 31.3 Å². The minimum absolute atomic E-state index is 0.0919. The maximum Gasteiger partial charge on any atom is 0.271 e. The van der Waals surface area contributed by atoms with Crippen molar-refractivity contribution < 1.29 is 9.18 Å². The second-order valence-corrected chi connectivity index (χ2v) is 3.84. The summed E-state index contributed by atoms with van der Waals surface area (Å²) in [4.78, 5) is 11.0. The molecule has 0 saturated heterocycles. The molecule has 0 aliphatic carbocycles. The molecule has 1 aromatic heterocycles. The molecule has 0 fully saturated rings. The third kappa shape index (κ3) is 1.69. The van der Waals surface area contributed by atoms with Crippen LogP contribution in [0.1, 0.15) is 10.5 Å². The number of amides is 1. The largest absolute Gasteiger partial charge is 0.364 e. The highest BCUT2D eigenvalue weighted by atomic mass is 79.9. The van der Waals surface area contributed by atoms with Gasteiger partial charge in [0, 0.05) is 4.47 Å².